The van der Waals surface area contributed by atoms with Gasteiger partial charge in [-0.15, -0.1) is 0 Å². The van der Waals surface area contributed by atoms with Crippen LogP contribution >= 0.6 is 0 Å². The highest BCUT2D eigenvalue weighted by atomic mass is 32.2. The monoisotopic (exact) mass is 541 g/mol. The van der Waals surface area contributed by atoms with Gasteiger partial charge in [0.25, 0.3) is 0 Å². The van der Waals surface area contributed by atoms with Crippen molar-refractivity contribution in [2.24, 2.45) is 11.8 Å². The van der Waals surface area contributed by atoms with Crippen LogP contribution in [0.4, 0.5) is 28.9 Å². The molecule has 0 aliphatic carbocycles. The first-order valence-electron chi connectivity index (χ1n) is 12.8. The van der Waals surface area contributed by atoms with Crippen molar-refractivity contribution < 1.29 is 26.0 Å². The molecule has 2 aromatic rings. The Kier molecular flexibility index (Phi) is 8.09. The largest absolute Gasteiger partial charge is 0.418 e. The van der Waals surface area contributed by atoms with E-state index < -0.39 is 33.6 Å². The van der Waals surface area contributed by atoms with Crippen LogP contribution in [0.1, 0.15) is 45.6 Å². The van der Waals surface area contributed by atoms with E-state index in [0.717, 1.165) is 43.8 Å². The molecule has 0 spiro atoms. The number of piperidine rings is 1. The molecule has 0 unspecified atom stereocenters. The summed E-state index contributed by atoms with van der Waals surface area (Å²) in [6.07, 6.45) is -1.35. The molecule has 10 heteroatoms. The summed E-state index contributed by atoms with van der Waals surface area (Å²) in [6.45, 7) is 8.09. The third-order valence-electron chi connectivity index (χ3n) is 7.38. The molecule has 0 aromatic heterocycles. The second kappa shape index (κ2) is 10.8. The zero-order chi connectivity index (χ0) is 27.0. The first-order chi connectivity index (χ1) is 17.4. The first-order valence-corrected chi connectivity index (χ1v) is 14.3. The Balaban J connectivity index is 1.48. The lowest BCUT2D eigenvalue weighted by Crippen LogP contribution is -2.54. The summed E-state index contributed by atoms with van der Waals surface area (Å²) in [5.74, 6) is 0.393. The molecule has 1 atom stereocenters. The molecule has 2 aliphatic rings. The lowest BCUT2D eigenvalue weighted by atomic mass is 9.88. The van der Waals surface area contributed by atoms with E-state index in [1.807, 2.05) is 6.07 Å². The summed E-state index contributed by atoms with van der Waals surface area (Å²) in [4.78, 5) is 3.90. The van der Waals surface area contributed by atoms with Gasteiger partial charge in [0.1, 0.15) is 5.82 Å². The maximum absolute atomic E-state index is 13.6. The van der Waals surface area contributed by atoms with Crippen molar-refractivity contribution in [2.45, 2.75) is 57.1 Å². The van der Waals surface area contributed by atoms with E-state index in [1.54, 1.807) is 25.1 Å². The van der Waals surface area contributed by atoms with Crippen LogP contribution in [-0.2, 0) is 16.2 Å². The third kappa shape index (κ3) is 6.22. The summed E-state index contributed by atoms with van der Waals surface area (Å²) in [5.41, 5.74) is -0.321. The van der Waals surface area contributed by atoms with Crippen molar-refractivity contribution in [3.63, 3.8) is 0 Å². The SMILES string of the molecule is CC(C)CC1CCN(c2cccc(S(=O)(=O)N3CCN(c4ccc(F)cc4C(F)(F)F)C[C@H]3C)c2)CC1. The third-order valence-corrected chi connectivity index (χ3v) is 9.39. The van der Waals surface area contributed by atoms with Crippen molar-refractivity contribution in [3.05, 3.63) is 53.8 Å². The lowest BCUT2D eigenvalue weighted by Gasteiger charge is -2.41. The molecule has 0 radical (unpaired) electrons. The van der Waals surface area contributed by atoms with E-state index in [0.29, 0.717) is 17.9 Å². The lowest BCUT2D eigenvalue weighted by molar-refractivity contribution is -0.137. The van der Waals surface area contributed by atoms with Crippen LogP contribution in [0.5, 0.6) is 0 Å². The number of benzene rings is 2. The Morgan fingerprint density at radius 2 is 1.68 bits per heavy atom. The molecule has 5 nitrogen and oxygen atoms in total. The zero-order valence-electron chi connectivity index (χ0n) is 21.5. The number of sulfonamides is 1. The van der Waals surface area contributed by atoms with Gasteiger partial charge in [-0.05, 0) is 74.4 Å². The quantitative estimate of drug-likeness (QED) is 0.421. The highest BCUT2D eigenvalue weighted by Crippen LogP contribution is 2.38. The number of piperazine rings is 1. The summed E-state index contributed by atoms with van der Waals surface area (Å²) in [5, 5.41) is 0. The molecule has 2 saturated heterocycles. The van der Waals surface area contributed by atoms with Gasteiger partial charge in [-0.2, -0.15) is 17.5 Å². The minimum atomic E-state index is -4.71. The molecule has 0 N–H and O–H groups in total. The average Bonchev–Trinajstić information content (AvgIpc) is 2.83. The number of halogens is 4. The normalized spacial score (nSPS) is 20.6. The molecule has 204 valence electrons. The van der Waals surface area contributed by atoms with Crippen molar-refractivity contribution in [1.82, 2.24) is 4.31 Å². The molecule has 2 aliphatic heterocycles. The van der Waals surface area contributed by atoms with Crippen LogP contribution in [0.2, 0.25) is 0 Å². The number of anilines is 2. The number of rotatable bonds is 6. The molecule has 37 heavy (non-hydrogen) atoms. The summed E-state index contributed by atoms with van der Waals surface area (Å²) >= 11 is 0. The zero-order valence-corrected chi connectivity index (χ0v) is 22.3. The summed E-state index contributed by atoms with van der Waals surface area (Å²) < 4.78 is 82.7. The Hall–Kier alpha value is -2.33. The highest BCUT2D eigenvalue weighted by Gasteiger charge is 2.39. The van der Waals surface area contributed by atoms with Gasteiger partial charge in [-0.1, -0.05) is 19.9 Å². The fourth-order valence-electron chi connectivity index (χ4n) is 5.60. The Labute approximate surface area is 217 Å². The fourth-order valence-corrected chi connectivity index (χ4v) is 7.25. The van der Waals surface area contributed by atoms with E-state index in [2.05, 4.69) is 18.7 Å². The van der Waals surface area contributed by atoms with E-state index in [-0.39, 0.29) is 30.2 Å². The summed E-state index contributed by atoms with van der Waals surface area (Å²) in [7, 11) is -3.85. The average molecular weight is 542 g/mol. The Bertz CT molecular complexity index is 1190. The Morgan fingerprint density at radius 1 is 0.973 bits per heavy atom. The van der Waals surface area contributed by atoms with Crippen molar-refractivity contribution in [2.75, 3.05) is 42.5 Å². The van der Waals surface area contributed by atoms with Gasteiger partial charge in [-0.3, -0.25) is 0 Å². The van der Waals surface area contributed by atoms with Crippen LogP contribution in [0.25, 0.3) is 0 Å². The molecule has 0 saturated carbocycles. The van der Waals surface area contributed by atoms with Crippen LogP contribution in [-0.4, -0.2) is 51.5 Å². The molecular weight excluding hydrogens is 506 g/mol. The smallest absolute Gasteiger partial charge is 0.371 e. The number of hydrogen-bond acceptors (Lipinski definition) is 4. The van der Waals surface area contributed by atoms with E-state index in [1.165, 1.54) is 15.6 Å². The maximum Gasteiger partial charge on any atom is 0.418 e. The van der Waals surface area contributed by atoms with Gasteiger partial charge in [0, 0.05) is 50.1 Å². The van der Waals surface area contributed by atoms with Gasteiger partial charge >= 0.3 is 6.18 Å². The number of nitrogens with zero attached hydrogens (tertiary/aromatic N) is 3. The molecule has 2 fully saturated rings. The minimum Gasteiger partial charge on any atom is -0.371 e. The van der Waals surface area contributed by atoms with E-state index >= 15 is 0 Å². The van der Waals surface area contributed by atoms with E-state index in [4.69, 9.17) is 0 Å². The number of alkyl halides is 3. The molecular formula is C27H35F4N3O2S. The van der Waals surface area contributed by atoms with Crippen LogP contribution in [0.3, 0.4) is 0 Å². The first kappa shape index (κ1) is 27.7. The van der Waals surface area contributed by atoms with Gasteiger partial charge in [0.15, 0.2) is 0 Å². The topological polar surface area (TPSA) is 43.9 Å². The van der Waals surface area contributed by atoms with Gasteiger partial charge in [-0.25, -0.2) is 12.8 Å². The summed E-state index contributed by atoms with van der Waals surface area (Å²) in [6, 6.07) is 8.98. The van der Waals surface area contributed by atoms with E-state index in [9.17, 15) is 26.0 Å². The molecule has 2 heterocycles. The maximum atomic E-state index is 13.6. The van der Waals surface area contributed by atoms with Gasteiger partial charge in [0.05, 0.1) is 10.5 Å². The Morgan fingerprint density at radius 3 is 2.30 bits per heavy atom. The molecule has 4 rings (SSSR count). The van der Waals surface area contributed by atoms with Crippen LogP contribution in [0.15, 0.2) is 47.4 Å². The predicted octanol–water partition coefficient (Wildman–Crippen LogP) is 6.01. The predicted molar refractivity (Wildman–Crippen MR) is 138 cm³/mol. The number of hydrogen-bond donors (Lipinski definition) is 0. The van der Waals surface area contributed by atoms with Crippen molar-refractivity contribution >= 4 is 21.4 Å². The van der Waals surface area contributed by atoms with Crippen LogP contribution in [0, 0.1) is 17.7 Å². The highest BCUT2D eigenvalue weighted by molar-refractivity contribution is 7.89. The fraction of sp³-hybridized carbons (Fsp3) is 0.556. The van der Waals surface area contributed by atoms with Gasteiger partial charge in [0.2, 0.25) is 10.0 Å². The van der Waals surface area contributed by atoms with Crippen molar-refractivity contribution in [1.29, 1.82) is 0 Å². The second-order valence-electron chi connectivity index (χ2n) is 10.6. The molecule has 0 bridgehead atoms. The van der Waals surface area contributed by atoms with Crippen LogP contribution < -0.4 is 9.80 Å². The second-order valence-corrected chi connectivity index (χ2v) is 12.5. The minimum absolute atomic E-state index is 0.0308. The standard InChI is InChI=1S/C27H35F4N3O2S/c1-19(2)15-21-9-11-32(12-10-21)23-5-4-6-24(17-23)37(35,36)34-14-13-33(18-20(34)3)26-8-7-22(28)16-25(26)27(29,30)31/h4-8,16-17,19-21H,9-15,18H2,1-3H3/t20-/m1/s1. The molecule has 0 amide bonds. The van der Waals surface area contributed by atoms with Crippen molar-refractivity contribution in [3.8, 4) is 0 Å². The van der Waals surface area contributed by atoms with Gasteiger partial charge < -0.3 is 9.80 Å². The molecule has 2 aromatic carbocycles.